The highest BCUT2D eigenvalue weighted by Gasteiger charge is 2.14. The van der Waals surface area contributed by atoms with E-state index in [-0.39, 0.29) is 16.5 Å². The van der Waals surface area contributed by atoms with Crippen molar-refractivity contribution in [1.82, 2.24) is 4.98 Å². The summed E-state index contributed by atoms with van der Waals surface area (Å²) >= 11 is 11.8. The molecule has 20 heavy (non-hydrogen) atoms. The van der Waals surface area contributed by atoms with Gasteiger partial charge in [-0.05, 0) is 30.3 Å². The van der Waals surface area contributed by atoms with E-state index in [0.717, 1.165) is 0 Å². The molecule has 3 N–H and O–H groups in total. The zero-order chi connectivity index (χ0) is 14.7. The van der Waals surface area contributed by atoms with Crippen LogP contribution in [0.4, 0.5) is 11.5 Å². The molecule has 0 saturated carbocycles. The van der Waals surface area contributed by atoms with E-state index < -0.39 is 5.91 Å². The first-order valence-corrected chi connectivity index (χ1v) is 6.20. The molecule has 1 aromatic carbocycles. The Morgan fingerprint density at radius 1 is 1.25 bits per heavy atom. The van der Waals surface area contributed by atoms with Gasteiger partial charge >= 0.3 is 0 Å². The maximum absolute atomic E-state index is 12.1. The number of rotatable bonds is 2. The van der Waals surface area contributed by atoms with Crippen LogP contribution in [0.15, 0.2) is 30.3 Å². The zero-order valence-electron chi connectivity index (χ0n) is 10.0. The topological polar surface area (TPSA) is 91.8 Å². The number of aromatic nitrogens is 1. The number of hydrogen-bond acceptors (Lipinski definition) is 4. The van der Waals surface area contributed by atoms with Crippen molar-refractivity contribution < 1.29 is 4.79 Å². The van der Waals surface area contributed by atoms with E-state index in [9.17, 15) is 4.79 Å². The molecule has 0 saturated heterocycles. The summed E-state index contributed by atoms with van der Waals surface area (Å²) in [5.41, 5.74) is 6.18. The third-order valence-electron chi connectivity index (χ3n) is 2.43. The molecule has 1 heterocycles. The average molecular weight is 307 g/mol. The summed E-state index contributed by atoms with van der Waals surface area (Å²) in [6.45, 7) is 0. The van der Waals surface area contributed by atoms with E-state index in [1.807, 2.05) is 6.07 Å². The van der Waals surface area contributed by atoms with Gasteiger partial charge in [0.05, 0.1) is 27.4 Å². The molecule has 0 aliphatic rings. The standard InChI is InChI=1S/C13H8Cl2N4O/c14-8-2-1-7(6-16)5-10(8)18-13(20)12-9(15)3-4-11(17)19-12/h1-5H,(H2,17,19)(H,18,20). The van der Waals surface area contributed by atoms with Gasteiger partial charge in [-0.15, -0.1) is 0 Å². The van der Waals surface area contributed by atoms with Crippen LogP contribution < -0.4 is 11.1 Å². The van der Waals surface area contributed by atoms with E-state index in [1.165, 1.54) is 24.3 Å². The number of carbonyl (C=O) groups is 1. The summed E-state index contributed by atoms with van der Waals surface area (Å²) in [6.07, 6.45) is 0. The van der Waals surface area contributed by atoms with E-state index in [1.54, 1.807) is 6.07 Å². The van der Waals surface area contributed by atoms with Crippen molar-refractivity contribution in [2.75, 3.05) is 11.1 Å². The monoisotopic (exact) mass is 306 g/mol. The Hall–Kier alpha value is -2.29. The van der Waals surface area contributed by atoms with Crippen LogP contribution in [0.25, 0.3) is 0 Å². The fourth-order valence-corrected chi connectivity index (χ4v) is 1.84. The Morgan fingerprint density at radius 3 is 2.65 bits per heavy atom. The number of nitrogens with one attached hydrogen (secondary N) is 1. The predicted molar refractivity (Wildman–Crippen MR) is 77.8 cm³/mol. The minimum Gasteiger partial charge on any atom is -0.384 e. The van der Waals surface area contributed by atoms with Crippen molar-refractivity contribution in [3.05, 3.63) is 51.6 Å². The van der Waals surface area contributed by atoms with Crippen LogP contribution >= 0.6 is 23.2 Å². The minimum atomic E-state index is -0.556. The van der Waals surface area contributed by atoms with Gasteiger partial charge in [0, 0.05) is 0 Å². The number of halogens is 2. The molecule has 0 bridgehead atoms. The van der Waals surface area contributed by atoms with Gasteiger partial charge in [-0.2, -0.15) is 5.26 Å². The first-order valence-electron chi connectivity index (χ1n) is 5.44. The maximum Gasteiger partial charge on any atom is 0.275 e. The van der Waals surface area contributed by atoms with Crippen LogP contribution in [-0.2, 0) is 0 Å². The summed E-state index contributed by atoms with van der Waals surface area (Å²) in [5, 5.41) is 11.8. The molecular weight excluding hydrogens is 299 g/mol. The molecule has 2 rings (SSSR count). The molecule has 0 aliphatic heterocycles. The van der Waals surface area contributed by atoms with Gasteiger partial charge in [-0.1, -0.05) is 23.2 Å². The number of benzene rings is 1. The molecule has 2 aromatic rings. The first-order chi connectivity index (χ1) is 9.51. The number of pyridine rings is 1. The zero-order valence-corrected chi connectivity index (χ0v) is 11.5. The van der Waals surface area contributed by atoms with Crippen molar-refractivity contribution >= 4 is 40.6 Å². The van der Waals surface area contributed by atoms with Gasteiger partial charge in [0.25, 0.3) is 5.91 Å². The van der Waals surface area contributed by atoms with E-state index in [4.69, 9.17) is 34.2 Å². The van der Waals surface area contributed by atoms with Crippen molar-refractivity contribution in [3.63, 3.8) is 0 Å². The average Bonchev–Trinajstić information content (AvgIpc) is 2.43. The number of hydrogen-bond donors (Lipinski definition) is 2. The molecule has 0 atom stereocenters. The van der Waals surface area contributed by atoms with Crippen molar-refractivity contribution in [3.8, 4) is 6.07 Å². The van der Waals surface area contributed by atoms with Gasteiger partial charge < -0.3 is 11.1 Å². The number of amides is 1. The Morgan fingerprint density at radius 2 is 1.95 bits per heavy atom. The summed E-state index contributed by atoms with van der Waals surface area (Å²) < 4.78 is 0. The summed E-state index contributed by atoms with van der Waals surface area (Å²) in [5.74, 6) is -0.379. The molecule has 0 spiro atoms. The summed E-state index contributed by atoms with van der Waals surface area (Å²) in [4.78, 5) is 16.0. The molecule has 7 heteroatoms. The van der Waals surface area contributed by atoms with Crippen LogP contribution in [0.1, 0.15) is 16.1 Å². The molecule has 0 unspecified atom stereocenters. The second kappa shape index (κ2) is 5.78. The fraction of sp³-hybridized carbons (Fsp3) is 0. The first kappa shape index (κ1) is 14.1. The van der Waals surface area contributed by atoms with Crippen LogP contribution in [0.3, 0.4) is 0 Å². The highest BCUT2D eigenvalue weighted by Crippen LogP contribution is 2.24. The lowest BCUT2D eigenvalue weighted by atomic mass is 10.2. The van der Waals surface area contributed by atoms with Gasteiger partial charge in [0.15, 0.2) is 0 Å². The largest absolute Gasteiger partial charge is 0.384 e. The normalized spacial score (nSPS) is 9.85. The van der Waals surface area contributed by atoms with Crippen LogP contribution in [0, 0.1) is 11.3 Å². The Balaban J connectivity index is 2.33. The van der Waals surface area contributed by atoms with E-state index in [0.29, 0.717) is 16.3 Å². The number of nitrogen functional groups attached to an aromatic ring is 1. The maximum atomic E-state index is 12.1. The highest BCUT2D eigenvalue weighted by atomic mass is 35.5. The second-order valence-electron chi connectivity index (χ2n) is 3.83. The number of carbonyl (C=O) groups excluding carboxylic acids is 1. The molecule has 5 nitrogen and oxygen atoms in total. The molecule has 100 valence electrons. The van der Waals surface area contributed by atoms with Gasteiger partial charge in [0.2, 0.25) is 0 Å². The molecule has 0 fully saturated rings. The Bertz CT molecular complexity index is 725. The van der Waals surface area contributed by atoms with Crippen LogP contribution in [0.5, 0.6) is 0 Å². The third kappa shape index (κ3) is 2.99. The SMILES string of the molecule is N#Cc1ccc(Cl)c(NC(=O)c2nc(N)ccc2Cl)c1. The van der Waals surface area contributed by atoms with Crippen molar-refractivity contribution in [1.29, 1.82) is 5.26 Å². The lowest BCUT2D eigenvalue weighted by Gasteiger charge is -2.08. The Kier molecular flexibility index (Phi) is 4.08. The second-order valence-corrected chi connectivity index (χ2v) is 4.64. The van der Waals surface area contributed by atoms with E-state index >= 15 is 0 Å². The quantitative estimate of drug-likeness (QED) is 0.891. The van der Waals surface area contributed by atoms with Gasteiger partial charge in [0.1, 0.15) is 11.5 Å². The van der Waals surface area contributed by atoms with Crippen molar-refractivity contribution in [2.45, 2.75) is 0 Å². The minimum absolute atomic E-state index is 0.00917. The molecule has 0 radical (unpaired) electrons. The fourth-order valence-electron chi connectivity index (χ4n) is 1.49. The smallest absolute Gasteiger partial charge is 0.275 e. The summed E-state index contributed by atoms with van der Waals surface area (Å²) in [7, 11) is 0. The third-order valence-corrected chi connectivity index (χ3v) is 3.06. The lowest BCUT2D eigenvalue weighted by molar-refractivity contribution is 0.102. The lowest BCUT2D eigenvalue weighted by Crippen LogP contribution is -2.15. The number of nitrogens with two attached hydrogens (primary N) is 1. The van der Waals surface area contributed by atoms with Crippen LogP contribution in [-0.4, -0.2) is 10.9 Å². The molecular formula is C13H8Cl2N4O. The van der Waals surface area contributed by atoms with Gasteiger partial charge in [-0.3, -0.25) is 4.79 Å². The number of nitriles is 1. The number of anilines is 2. The highest BCUT2D eigenvalue weighted by molar-refractivity contribution is 6.35. The number of nitrogens with zero attached hydrogens (tertiary/aromatic N) is 2. The molecule has 1 amide bonds. The van der Waals surface area contributed by atoms with Crippen LogP contribution in [0.2, 0.25) is 10.0 Å². The molecule has 0 aliphatic carbocycles. The molecule has 1 aromatic heterocycles. The Labute approximate surface area is 124 Å². The summed E-state index contributed by atoms with van der Waals surface area (Å²) in [6, 6.07) is 9.45. The predicted octanol–water partition coefficient (Wildman–Crippen LogP) is 3.09. The van der Waals surface area contributed by atoms with Crippen molar-refractivity contribution in [2.24, 2.45) is 0 Å². The van der Waals surface area contributed by atoms with E-state index in [2.05, 4.69) is 10.3 Å². The van der Waals surface area contributed by atoms with Gasteiger partial charge in [-0.25, -0.2) is 4.98 Å².